The Morgan fingerprint density at radius 3 is 2.71 bits per heavy atom. The second-order valence-corrected chi connectivity index (χ2v) is 1.74. The van der Waals surface area contributed by atoms with Gasteiger partial charge < -0.3 is 0 Å². The molecule has 0 atom stereocenters. The van der Waals surface area contributed by atoms with Crippen LogP contribution < -0.4 is 4.72 Å². The molecule has 1 rings (SSSR count). The standard InChI is InChI=1S/C4H5N2.Cu/c1-4-2-5-3-6-4;/h2H,1H3,(H,5,6);. The molecule has 3 heteroatoms. The molecule has 0 aromatic carbocycles. The summed E-state index contributed by atoms with van der Waals surface area (Å²) in [6, 6.07) is 0. The summed E-state index contributed by atoms with van der Waals surface area (Å²) >= 11 is 4.80. The van der Waals surface area contributed by atoms with Crippen molar-refractivity contribution in [3.8, 4) is 0 Å². The van der Waals surface area contributed by atoms with E-state index in [-0.39, 0.29) is 0 Å². The molecule has 0 fully saturated rings. The molecule has 0 aliphatic carbocycles. The first-order chi connectivity index (χ1) is 3.29. The molecule has 0 aliphatic rings. The summed E-state index contributed by atoms with van der Waals surface area (Å²) in [4.78, 5) is 6.62. The van der Waals surface area contributed by atoms with E-state index in [0.29, 0.717) is 4.72 Å². The number of rotatable bonds is 0. The number of aromatic nitrogens is 2. The summed E-state index contributed by atoms with van der Waals surface area (Å²) in [7, 11) is 0. The van der Waals surface area contributed by atoms with E-state index >= 15 is 0 Å². The Bertz CT molecular complexity index is 142. The Labute approximate surface area is 50.2 Å². The number of aromatic amines is 1. The Hall–Kier alpha value is -0.271. The van der Waals surface area contributed by atoms with Crippen LogP contribution in [0.5, 0.6) is 0 Å². The van der Waals surface area contributed by atoms with E-state index in [4.69, 9.17) is 16.0 Å². The van der Waals surface area contributed by atoms with Crippen molar-refractivity contribution < 1.29 is 16.0 Å². The van der Waals surface area contributed by atoms with Gasteiger partial charge >= 0.3 is 49.5 Å². The molecule has 0 saturated heterocycles. The van der Waals surface area contributed by atoms with Crippen LogP contribution in [0.3, 0.4) is 0 Å². The Balaban J connectivity index is 3.04. The molecule has 42 valence electrons. The average molecular weight is 145 g/mol. The van der Waals surface area contributed by atoms with E-state index in [9.17, 15) is 0 Å². The normalized spacial score (nSPS) is 9.57. The van der Waals surface area contributed by atoms with Crippen LogP contribution in [0.4, 0.5) is 0 Å². The molecule has 0 unspecified atom stereocenters. The van der Waals surface area contributed by atoms with Crippen LogP contribution in [0.1, 0.15) is 5.69 Å². The third-order valence-electron chi connectivity index (χ3n) is 0.655. The van der Waals surface area contributed by atoms with Gasteiger partial charge in [-0.3, -0.25) is 0 Å². The Morgan fingerprint density at radius 1 is 1.86 bits per heavy atom. The summed E-state index contributed by atoms with van der Waals surface area (Å²) in [5.41, 5.74) is 0.944. The number of hydrogen-bond donors (Lipinski definition) is 1. The summed E-state index contributed by atoms with van der Waals surface area (Å²) < 4.78 is 0.546. The molecule has 2 nitrogen and oxygen atoms in total. The molecule has 1 N–H and O–H groups in total. The molecule has 0 radical (unpaired) electrons. The van der Waals surface area contributed by atoms with Crippen LogP contribution in [-0.4, -0.2) is 9.97 Å². The van der Waals surface area contributed by atoms with Crippen molar-refractivity contribution in [2.45, 2.75) is 6.92 Å². The minimum absolute atomic E-state index is 0.546. The van der Waals surface area contributed by atoms with Crippen molar-refractivity contribution in [2.24, 2.45) is 0 Å². The van der Waals surface area contributed by atoms with Crippen LogP contribution in [0.15, 0.2) is 6.20 Å². The van der Waals surface area contributed by atoms with Crippen LogP contribution >= 0.6 is 0 Å². The zero-order valence-electron chi connectivity index (χ0n) is 3.83. The van der Waals surface area contributed by atoms with Gasteiger partial charge in [-0.05, 0) is 0 Å². The SMILES string of the molecule is Cc1c[nH][c]([Cu])n1. The Morgan fingerprint density at radius 2 is 2.57 bits per heavy atom. The number of aryl methyl sites for hydroxylation is 1. The van der Waals surface area contributed by atoms with Crippen molar-refractivity contribution in [1.29, 1.82) is 0 Å². The van der Waals surface area contributed by atoms with Crippen LogP contribution in [-0.2, 0) is 16.0 Å². The zero-order valence-corrected chi connectivity index (χ0v) is 4.77. The average Bonchev–Trinajstić information content (AvgIpc) is 1.87. The maximum atomic E-state index is 4.80. The molecule has 0 saturated carbocycles. The van der Waals surface area contributed by atoms with E-state index in [0.717, 1.165) is 5.69 Å². The van der Waals surface area contributed by atoms with Gasteiger partial charge in [-0.2, -0.15) is 0 Å². The van der Waals surface area contributed by atoms with Gasteiger partial charge in [0.25, 0.3) is 0 Å². The summed E-state index contributed by atoms with van der Waals surface area (Å²) in [5, 5.41) is 0. The van der Waals surface area contributed by atoms with Crippen molar-refractivity contribution >= 4 is 4.72 Å². The number of nitrogens with one attached hydrogen (secondary N) is 1. The van der Waals surface area contributed by atoms with Gasteiger partial charge in [0.1, 0.15) is 0 Å². The monoisotopic (exact) mass is 144 g/mol. The first kappa shape index (κ1) is 4.88. The fourth-order valence-corrected chi connectivity index (χ4v) is 0.598. The van der Waals surface area contributed by atoms with Crippen molar-refractivity contribution in [3.63, 3.8) is 0 Å². The predicted molar refractivity (Wildman–Crippen MR) is 23.0 cm³/mol. The van der Waals surface area contributed by atoms with Crippen molar-refractivity contribution in [1.82, 2.24) is 9.97 Å². The fraction of sp³-hybridized carbons (Fsp3) is 0.250. The molecule has 7 heavy (non-hydrogen) atoms. The summed E-state index contributed by atoms with van der Waals surface area (Å²) in [6.07, 6.45) is 1.77. The number of nitrogens with zero attached hydrogens (tertiary/aromatic N) is 1. The second-order valence-electron chi connectivity index (χ2n) is 1.30. The van der Waals surface area contributed by atoms with Crippen molar-refractivity contribution in [3.05, 3.63) is 11.9 Å². The third-order valence-corrected chi connectivity index (χ3v) is 0.896. The van der Waals surface area contributed by atoms with Crippen molar-refractivity contribution in [2.75, 3.05) is 0 Å². The molecular formula is C4H5CuN2. The number of imidazole rings is 1. The molecule has 0 aliphatic heterocycles. The third kappa shape index (κ3) is 1.05. The number of hydrogen-bond acceptors (Lipinski definition) is 1. The topological polar surface area (TPSA) is 28.7 Å². The van der Waals surface area contributed by atoms with E-state index < -0.39 is 0 Å². The van der Waals surface area contributed by atoms with E-state index in [1.807, 2.05) is 6.92 Å². The van der Waals surface area contributed by atoms with Gasteiger partial charge in [-0.1, -0.05) is 0 Å². The van der Waals surface area contributed by atoms with Gasteiger partial charge in [-0.15, -0.1) is 0 Å². The van der Waals surface area contributed by atoms with Crippen LogP contribution in [0.2, 0.25) is 0 Å². The maximum absolute atomic E-state index is 4.80. The fourth-order valence-electron chi connectivity index (χ4n) is 0.364. The molecular weight excluding hydrogens is 140 g/mol. The predicted octanol–water partition coefficient (Wildman–Crippen LogP) is -0.110. The number of H-pyrrole nitrogens is 1. The second kappa shape index (κ2) is 1.68. The van der Waals surface area contributed by atoms with Gasteiger partial charge in [0, 0.05) is 0 Å². The van der Waals surface area contributed by atoms with E-state index in [1.54, 1.807) is 6.20 Å². The first-order valence-electron chi connectivity index (χ1n) is 1.93. The molecule has 0 spiro atoms. The molecule has 1 heterocycles. The minimum atomic E-state index is 0.546. The van der Waals surface area contributed by atoms with Gasteiger partial charge in [0.05, 0.1) is 0 Å². The van der Waals surface area contributed by atoms with E-state index in [1.165, 1.54) is 0 Å². The summed E-state index contributed by atoms with van der Waals surface area (Å²) in [6.45, 7) is 1.89. The van der Waals surface area contributed by atoms with Crippen LogP contribution in [0, 0.1) is 6.92 Å². The Kier molecular flexibility index (Phi) is 1.17. The first-order valence-corrected chi connectivity index (χ1v) is 2.40. The van der Waals surface area contributed by atoms with Gasteiger partial charge in [0.15, 0.2) is 0 Å². The zero-order chi connectivity index (χ0) is 5.28. The molecule has 0 bridgehead atoms. The molecule has 0 amide bonds. The molecule has 1 aromatic heterocycles. The quantitative estimate of drug-likeness (QED) is 0.506. The van der Waals surface area contributed by atoms with Gasteiger partial charge in [0.2, 0.25) is 0 Å². The summed E-state index contributed by atoms with van der Waals surface area (Å²) in [5.74, 6) is 0. The van der Waals surface area contributed by atoms with Gasteiger partial charge in [-0.25, -0.2) is 0 Å². The molecule has 1 aromatic rings. The van der Waals surface area contributed by atoms with Crippen LogP contribution in [0.25, 0.3) is 0 Å². The van der Waals surface area contributed by atoms with E-state index in [2.05, 4.69) is 9.97 Å².